The molecule has 0 saturated heterocycles. The molecule has 0 radical (unpaired) electrons. The Labute approximate surface area is 135 Å². The molecule has 0 bridgehead atoms. The average Bonchev–Trinajstić information content (AvgIpc) is 2.47. The number of benzene rings is 1. The molecule has 1 aliphatic rings. The van der Waals surface area contributed by atoms with Crippen LogP contribution in [0.4, 0.5) is 13.2 Å². The Morgan fingerprint density at radius 1 is 1.17 bits per heavy atom. The van der Waals surface area contributed by atoms with E-state index in [2.05, 4.69) is 0 Å². The van der Waals surface area contributed by atoms with Gasteiger partial charge in [-0.25, -0.2) is 0 Å². The lowest BCUT2D eigenvalue weighted by Crippen LogP contribution is -2.42. The first kappa shape index (κ1) is 18.3. The number of rotatable bonds is 5. The van der Waals surface area contributed by atoms with E-state index in [9.17, 15) is 21.6 Å². The molecular weight excluding hydrogens is 329 g/mol. The van der Waals surface area contributed by atoms with Gasteiger partial charge in [0.2, 0.25) is 0 Å². The Morgan fingerprint density at radius 3 is 2.22 bits per heavy atom. The molecule has 1 aliphatic carbocycles. The van der Waals surface area contributed by atoms with E-state index in [1.54, 1.807) is 0 Å². The van der Waals surface area contributed by atoms with Crippen molar-refractivity contribution in [3.05, 3.63) is 35.9 Å². The van der Waals surface area contributed by atoms with E-state index in [4.69, 9.17) is 4.18 Å². The molecule has 2 rings (SSSR count). The van der Waals surface area contributed by atoms with Gasteiger partial charge in [0, 0.05) is 0 Å². The number of halogens is 3. The van der Waals surface area contributed by atoms with Gasteiger partial charge in [-0.2, -0.15) is 21.6 Å². The summed E-state index contributed by atoms with van der Waals surface area (Å²) >= 11 is 0. The van der Waals surface area contributed by atoms with Gasteiger partial charge in [0.25, 0.3) is 0 Å². The molecule has 3 nitrogen and oxygen atoms in total. The minimum atomic E-state index is -5.56. The monoisotopic (exact) mass is 350 g/mol. The number of hydrogen-bond acceptors (Lipinski definition) is 3. The van der Waals surface area contributed by atoms with Gasteiger partial charge < -0.3 is 0 Å². The Kier molecular flexibility index (Phi) is 5.41. The van der Waals surface area contributed by atoms with Crippen LogP contribution < -0.4 is 0 Å². The van der Waals surface area contributed by atoms with Crippen molar-refractivity contribution in [2.75, 3.05) is 0 Å². The summed E-state index contributed by atoms with van der Waals surface area (Å²) < 4.78 is 65.4. The zero-order chi connectivity index (χ0) is 17.1. The average molecular weight is 350 g/mol. The SMILES string of the molecule is CCCC1(OS(=O)(=O)C(F)(F)F)CCC(c2ccccc2)CC1. The van der Waals surface area contributed by atoms with E-state index >= 15 is 0 Å². The minimum Gasteiger partial charge on any atom is -0.257 e. The largest absolute Gasteiger partial charge is 0.523 e. The lowest BCUT2D eigenvalue weighted by molar-refractivity contribution is -0.0719. The van der Waals surface area contributed by atoms with Crippen LogP contribution in [-0.2, 0) is 14.3 Å². The first-order valence-electron chi connectivity index (χ1n) is 7.76. The third kappa shape index (κ3) is 4.26. The van der Waals surface area contributed by atoms with Crippen LogP contribution in [0.2, 0.25) is 0 Å². The van der Waals surface area contributed by atoms with Gasteiger partial charge in [0.1, 0.15) is 0 Å². The van der Waals surface area contributed by atoms with Crippen LogP contribution in [0.1, 0.15) is 56.9 Å². The molecule has 1 aromatic carbocycles. The van der Waals surface area contributed by atoms with Crippen LogP contribution in [0.25, 0.3) is 0 Å². The molecule has 0 N–H and O–H groups in total. The predicted octanol–water partition coefficient (Wildman–Crippen LogP) is 4.75. The van der Waals surface area contributed by atoms with Gasteiger partial charge in [-0.05, 0) is 43.6 Å². The second kappa shape index (κ2) is 6.81. The molecule has 1 fully saturated rings. The summed E-state index contributed by atoms with van der Waals surface area (Å²) in [5.41, 5.74) is -5.46. The zero-order valence-corrected chi connectivity index (χ0v) is 13.8. The van der Waals surface area contributed by atoms with E-state index in [1.807, 2.05) is 37.3 Å². The van der Waals surface area contributed by atoms with E-state index < -0.39 is 21.2 Å². The first-order chi connectivity index (χ1) is 10.7. The maximum atomic E-state index is 12.6. The molecule has 23 heavy (non-hydrogen) atoms. The Hall–Kier alpha value is -1.08. The van der Waals surface area contributed by atoms with Crippen molar-refractivity contribution in [2.24, 2.45) is 0 Å². The topological polar surface area (TPSA) is 43.4 Å². The van der Waals surface area contributed by atoms with Gasteiger partial charge in [0.15, 0.2) is 0 Å². The molecule has 0 amide bonds. The fraction of sp³-hybridized carbons (Fsp3) is 0.625. The fourth-order valence-corrected chi connectivity index (χ4v) is 4.12. The van der Waals surface area contributed by atoms with Crippen LogP contribution in [-0.4, -0.2) is 19.5 Å². The molecule has 1 aromatic rings. The van der Waals surface area contributed by atoms with Gasteiger partial charge in [0.05, 0.1) is 5.60 Å². The zero-order valence-electron chi connectivity index (χ0n) is 13.0. The highest BCUT2D eigenvalue weighted by Crippen LogP contribution is 2.44. The fourth-order valence-electron chi connectivity index (χ4n) is 3.31. The molecule has 1 saturated carbocycles. The van der Waals surface area contributed by atoms with Crippen LogP contribution >= 0.6 is 0 Å². The maximum Gasteiger partial charge on any atom is 0.523 e. The summed E-state index contributed by atoms with van der Waals surface area (Å²) in [6.07, 6.45) is 2.76. The molecule has 0 heterocycles. The second-order valence-electron chi connectivity index (χ2n) is 6.10. The maximum absolute atomic E-state index is 12.6. The van der Waals surface area contributed by atoms with Crippen molar-refractivity contribution >= 4 is 10.1 Å². The van der Waals surface area contributed by atoms with Gasteiger partial charge >= 0.3 is 15.6 Å². The smallest absolute Gasteiger partial charge is 0.257 e. The Bertz CT molecular complexity index is 603. The molecule has 0 unspecified atom stereocenters. The summed E-state index contributed by atoms with van der Waals surface area (Å²) in [5.74, 6) is 0.235. The summed E-state index contributed by atoms with van der Waals surface area (Å²) in [7, 11) is -5.56. The number of hydrogen-bond donors (Lipinski definition) is 0. The van der Waals surface area contributed by atoms with Crippen LogP contribution in [0.3, 0.4) is 0 Å². The molecule has 0 aromatic heterocycles. The van der Waals surface area contributed by atoms with Gasteiger partial charge in [-0.15, -0.1) is 0 Å². The molecule has 7 heteroatoms. The normalized spacial score (nSPS) is 26.2. The highest BCUT2D eigenvalue weighted by atomic mass is 32.2. The second-order valence-corrected chi connectivity index (χ2v) is 7.64. The molecule has 0 atom stereocenters. The molecule has 130 valence electrons. The third-order valence-electron chi connectivity index (χ3n) is 4.44. The summed E-state index contributed by atoms with van der Waals surface area (Å²) in [4.78, 5) is 0. The van der Waals surface area contributed by atoms with Crippen molar-refractivity contribution in [2.45, 2.75) is 62.5 Å². The summed E-state index contributed by atoms with van der Waals surface area (Å²) in [6, 6.07) is 9.74. The number of alkyl halides is 3. The van der Waals surface area contributed by atoms with Crippen LogP contribution in [0.15, 0.2) is 30.3 Å². The van der Waals surface area contributed by atoms with Gasteiger partial charge in [-0.1, -0.05) is 43.7 Å². The molecule has 0 aliphatic heterocycles. The van der Waals surface area contributed by atoms with Crippen molar-refractivity contribution in [1.29, 1.82) is 0 Å². The van der Waals surface area contributed by atoms with E-state index in [0.717, 1.165) is 5.56 Å². The van der Waals surface area contributed by atoms with Crippen LogP contribution in [0.5, 0.6) is 0 Å². The standard InChI is InChI=1S/C16H21F3O3S/c1-2-10-15(22-23(20,21)16(17,18)19)11-8-14(9-12-15)13-6-4-3-5-7-13/h3-7,14H,2,8-12H2,1H3. The van der Waals surface area contributed by atoms with Crippen molar-refractivity contribution in [3.63, 3.8) is 0 Å². The van der Waals surface area contributed by atoms with E-state index in [-0.39, 0.29) is 5.92 Å². The van der Waals surface area contributed by atoms with E-state index in [1.165, 1.54) is 0 Å². The predicted molar refractivity (Wildman–Crippen MR) is 81.3 cm³/mol. The van der Waals surface area contributed by atoms with Crippen molar-refractivity contribution < 1.29 is 25.8 Å². The third-order valence-corrected chi connectivity index (χ3v) is 5.58. The van der Waals surface area contributed by atoms with Crippen molar-refractivity contribution in [3.8, 4) is 0 Å². The molecular formula is C16H21F3O3S. The minimum absolute atomic E-state index is 0.235. The lowest BCUT2D eigenvalue weighted by Gasteiger charge is -2.39. The highest BCUT2D eigenvalue weighted by molar-refractivity contribution is 7.87. The Morgan fingerprint density at radius 2 is 1.74 bits per heavy atom. The van der Waals surface area contributed by atoms with E-state index in [0.29, 0.717) is 38.5 Å². The van der Waals surface area contributed by atoms with Crippen molar-refractivity contribution in [1.82, 2.24) is 0 Å². The van der Waals surface area contributed by atoms with Crippen LogP contribution in [0, 0.1) is 0 Å². The Balaban J connectivity index is 2.13. The summed E-state index contributed by atoms with van der Waals surface area (Å²) in [6.45, 7) is 1.81. The molecule has 0 spiro atoms. The highest BCUT2D eigenvalue weighted by Gasteiger charge is 2.52. The summed E-state index contributed by atoms with van der Waals surface area (Å²) in [5, 5.41) is 0. The quantitative estimate of drug-likeness (QED) is 0.568. The first-order valence-corrected chi connectivity index (χ1v) is 9.17. The van der Waals surface area contributed by atoms with Gasteiger partial charge in [-0.3, -0.25) is 4.18 Å². The lowest BCUT2D eigenvalue weighted by atomic mass is 9.74.